The molecule has 196 valence electrons. The number of halogens is 4. The van der Waals surface area contributed by atoms with Crippen LogP contribution in [0.15, 0.2) is 60.1 Å². The van der Waals surface area contributed by atoms with Gasteiger partial charge in [0.1, 0.15) is 29.3 Å². The summed E-state index contributed by atoms with van der Waals surface area (Å²) in [5.74, 6) is -4.94. The Morgan fingerprint density at radius 3 is 2.42 bits per heavy atom. The maximum Gasteiger partial charge on any atom is 0.322 e. The number of urea groups is 1. The van der Waals surface area contributed by atoms with Crippen LogP contribution in [0.5, 0.6) is 0 Å². The molecule has 0 fully saturated rings. The van der Waals surface area contributed by atoms with Gasteiger partial charge in [-0.15, -0.1) is 11.3 Å². The number of aromatic nitrogens is 1. The molecule has 0 aliphatic rings. The van der Waals surface area contributed by atoms with E-state index < -0.39 is 53.6 Å². The van der Waals surface area contributed by atoms with Gasteiger partial charge in [-0.05, 0) is 54.1 Å². The lowest BCUT2D eigenvalue weighted by molar-refractivity contribution is -0.121. The molecule has 0 saturated heterocycles. The van der Waals surface area contributed by atoms with Crippen LogP contribution in [0.25, 0.3) is 10.2 Å². The van der Waals surface area contributed by atoms with Crippen LogP contribution in [-0.2, 0) is 22.4 Å². The molecule has 4 amide bonds. The number of benzene rings is 3. The molecule has 0 unspecified atom stereocenters. The van der Waals surface area contributed by atoms with Gasteiger partial charge in [0.05, 0.1) is 22.1 Å². The summed E-state index contributed by atoms with van der Waals surface area (Å²) in [5, 5.41) is 4.30. The molecule has 7 nitrogen and oxygen atoms in total. The second-order valence-corrected chi connectivity index (χ2v) is 9.26. The van der Waals surface area contributed by atoms with Crippen molar-refractivity contribution in [2.45, 2.75) is 18.9 Å². The Hall–Kier alpha value is -4.32. The van der Waals surface area contributed by atoms with E-state index in [1.165, 1.54) is 23.3 Å². The fraction of sp³-hybridized carbons (Fsp3) is 0.154. The lowest BCUT2D eigenvalue weighted by Crippen LogP contribution is -2.52. The van der Waals surface area contributed by atoms with Crippen molar-refractivity contribution in [1.82, 2.24) is 15.6 Å². The summed E-state index contributed by atoms with van der Waals surface area (Å²) in [4.78, 5) is 43.7. The van der Waals surface area contributed by atoms with E-state index in [4.69, 9.17) is 0 Å². The average Bonchev–Trinajstić information content (AvgIpc) is 3.32. The Morgan fingerprint density at radius 1 is 0.947 bits per heavy atom. The van der Waals surface area contributed by atoms with E-state index in [-0.39, 0.29) is 17.5 Å². The maximum absolute atomic E-state index is 13.9. The number of imide groups is 1. The average molecular weight is 545 g/mol. The summed E-state index contributed by atoms with van der Waals surface area (Å²) in [6.45, 7) is 0. The van der Waals surface area contributed by atoms with Crippen molar-refractivity contribution in [3.8, 4) is 0 Å². The van der Waals surface area contributed by atoms with E-state index in [0.29, 0.717) is 17.3 Å². The first-order chi connectivity index (χ1) is 18.1. The number of nitrogens with one attached hydrogen (secondary N) is 2. The van der Waals surface area contributed by atoms with Gasteiger partial charge in [0.25, 0.3) is 0 Å². The largest absolute Gasteiger partial charge is 0.326 e. The fourth-order valence-corrected chi connectivity index (χ4v) is 4.46. The third kappa shape index (κ3) is 6.51. The molecule has 3 aromatic carbocycles. The molecule has 12 heteroatoms. The lowest BCUT2D eigenvalue weighted by atomic mass is 10.0. The number of thiazole rings is 1. The van der Waals surface area contributed by atoms with Gasteiger partial charge < -0.3 is 10.2 Å². The van der Waals surface area contributed by atoms with Crippen LogP contribution < -0.4 is 15.5 Å². The number of likely N-dealkylation sites (N-methyl/N-ethyl adjacent to an activating group) is 1. The van der Waals surface area contributed by atoms with Crippen LogP contribution in [0.4, 0.5) is 28.0 Å². The van der Waals surface area contributed by atoms with E-state index in [0.717, 1.165) is 35.0 Å². The summed E-state index contributed by atoms with van der Waals surface area (Å²) >= 11 is 1.42. The molecule has 38 heavy (non-hydrogen) atoms. The normalized spacial score (nSPS) is 11.7. The molecular weight excluding hydrogens is 524 g/mol. The first kappa shape index (κ1) is 26.7. The second-order valence-electron chi connectivity index (χ2n) is 8.37. The van der Waals surface area contributed by atoms with E-state index in [2.05, 4.69) is 10.3 Å². The summed E-state index contributed by atoms with van der Waals surface area (Å²) in [7, 11) is 1.45. The number of hydrogen-bond acceptors (Lipinski definition) is 5. The van der Waals surface area contributed by atoms with Crippen molar-refractivity contribution in [3.63, 3.8) is 0 Å². The molecule has 0 aliphatic carbocycles. The van der Waals surface area contributed by atoms with E-state index in [9.17, 15) is 31.9 Å². The van der Waals surface area contributed by atoms with Gasteiger partial charge in [0.2, 0.25) is 11.8 Å². The number of nitrogens with zero attached hydrogens (tertiary/aromatic N) is 2. The smallest absolute Gasteiger partial charge is 0.322 e. The predicted molar refractivity (Wildman–Crippen MR) is 134 cm³/mol. The van der Waals surface area contributed by atoms with Crippen molar-refractivity contribution in [3.05, 3.63) is 94.5 Å². The number of carbonyl (C=O) groups is 3. The zero-order chi connectivity index (χ0) is 27.4. The van der Waals surface area contributed by atoms with Crippen LogP contribution in [0.1, 0.15) is 11.1 Å². The number of fused-ring (bicyclic) bond motifs is 1. The highest BCUT2D eigenvalue weighted by Crippen LogP contribution is 2.24. The Kier molecular flexibility index (Phi) is 8.01. The Bertz CT molecular complexity index is 1510. The van der Waals surface area contributed by atoms with E-state index in [1.54, 1.807) is 23.7 Å². The van der Waals surface area contributed by atoms with Gasteiger partial charge in [0, 0.05) is 30.8 Å². The van der Waals surface area contributed by atoms with Gasteiger partial charge in [-0.1, -0.05) is 0 Å². The minimum Gasteiger partial charge on any atom is -0.326 e. The summed E-state index contributed by atoms with van der Waals surface area (Å²) < 4.78 is 55.7. The van der Waals surface area contributed by atoms with Crippen LogP contribution in [0.3, 0.4) is 0 Å². The van der Waals surface area contributed by atoms with Crippen LogP contribution in [0, 0.1) is 23.3 Å². The number of carbonyl (C=O) groups excluding carboxylic acids is 3. The standard InChI is InChI=1S/C26H20F4N4O3S/c1-34(19-3-5-23-21(12-19)31-13-38-23)25(36)22(8-14-6-17(28)11-18(29)7-14)32-26(37)33-24(35)10-15-9-16(27)2-4-20(15)30/h2-7,9,11-13,22H,8,10H2,1H3,(H2,32,33,35,37)/t22-/m0/s1. The third-order valence-corrected chi connectivity index (χ3v) is 6.42. The van der Waals surface area contributed by atoms with Crippen molar-refractivity contribution >= 4 is 45.1 Å². The molecule has 0 aliphatic heterocycles. The molecule has 4 aromatic rings. The summed E-state index contributed by atoms with van der Waals surface area (Å²) in [5.41, 5.74) is 2.56. The Balaban J connectivity index is 1.52. The molecule has 0 radical (unpaired) electrons. The topological polar surface area (TPSA) is 91.4 Å². The maximum atomic E-state index is 13.9. The molecule has 1 atom stereocenters. The van der Waals surface area contributed by atoms with Gasteiger partial charge in [-0.3, -0.25) is 14.9 Å². The fourth-order valence-electron chi connectivity index (χ4n) is 3.80. The number of rotatable bonds is 7. The van der Waals surface area contributed by atoms with E-state index >= 15 is 0 Å². The molecule has 0 spiro atoms. The van der Waals surface area contributed by atoms with Crippen molar-refractivity contribution in [1.29, 1.82) is 0 Å². The third-order valence-electron chi connectivity index (χ3n) is 5.61. The molecule has 0 saturated carbocycles. The highest BCUT2D eigenvalue weighted by atomic mass is 32.1. The number of hydrogen-bond donors (Lipinski definition) is 2. The molecule has 4 rings (SSSR count). The Labute approximate surface area is 218 Å². The summed E-state index contributed by atoms with van der Waals surface area (Å²) in [6, 6.07) is 7.91. The highest BCUT2D eigenvalue weighted by molar-refractivity contribution is 7.16. The van der Waals surface area contributed by atoms with Gasteiger partial charge in [-0.25, -0.2) is 27.3 Å². The summed E-state index contributed by atoms with van der Waals surface area (Å²) in [6.07, 6.45) is -0.949. The monoisotopic (exact) mass is 544 g/mol. The van der Waals surface area contributed by atoms with Crippen molar-refractivity contribution < 1.29 is 31.9 Å². The van der Waals surface area contributed by atoms with Gasteiger partial charge in [-0.2, -0.15) is 0 Å². The zero-order valence-electron chi connectivity index (χ0n) is 19.8. The quantitative estimate of drug-likeness (QED) is 0.336. The van der Waals surface area contributed by atoms with Gasteiger partial charge in [0.15, 0.2) is 0 Å². The van der Waals surface area contributed by atoms with Crippen LogP contribution in [-0.4, -0.2) is 35.9 Å². The first-order valence-corrected chi connectivity index (χ1v) is 12.1. The second kappa shape index (κ2) is 11.4. The molecule has 2 N–H and O–H groups in total. The number of anilines is 1. The minimum atomic E-state index is -1.36. The highest BCUT2D eigenvalue weighted by Gasteiger charge is 2.27. The lowest BCUT2D eigenvalue weighted by Gasteiger charge is -2.25. The minimum absolute atomic E-state index is 0.0812. The first-order valence-electron chi connectivity index (χ1n) is 11.2. The van der Waals surface area contributed by atoms with E-state index in [1.807, 2.05) is 5.32 Å². The van der Waals surface area contributed by atoms with Crippen molar-refractivity contribution in [2.24, 2.45) is 0 Å². The number of amides is 4. The molecule has 1 heterocycles. The Morgan fingerprint density at radius 2 is 1.68 bits per heavy atom. The molecular formula is C26H20F4N4O3S. The van der Waals surface area contributed by atoms with Crippen LogP contribution >= 0.6 is 11.3 Å². The molecule has 1 aromatic heterocycles. The zero-order valence-corrected chi connectivity index (χ0v) is 20.6. The molecule has 0 bridgehead atoms. The van der Waals surface area contributed by atoms with Gasteiger partial charge >= 0.3 is 6.03 Å². The predicted octanol–water partition coefficient (Wildman–Crippen LogP) is 4.50. The SMILES string of the molecule is CN(C(=O)[C@H](Cc1cc(F)cc(F)c1)NC(=O)NC(=O)Cc1cc(F)ccc1F)c1ccc2scnc2c1. The van der Waals surface area contributed by atoms with Crippen molar-refractivity contribution in [2.75, 3.05) is 11.9 Å². The van der Waals surface area contributed by atoms with Crippen LogP contribution in [0.2, 0.25) is 0 Å².